The molecular formula is C3H8Cl2O5S2. The van der Waals surface area contributed by atoms with E-state index in [1.807, 2.05) is 0 Å². The molecule has 0 aromatic rings. The van der Waals surface area contributed by atoms with Crippen LogP contribution in [0.1, 0.15) is 0 Å². The zero-order chi connectivity index (χ0) is 10.4. The normalized spacial score (nSPS) is 11.7. The molecule has 0 radical (unpaired) electrons. The summed E-state index contributed by atoms with van der Waals surface area (Å²) in [5.74, 6) is 0. The third kappa shape index (κ3) is 22.4. The smallest absolute Gasteiger partial charge is 0.199 e. The van der Waals surface area contributed by atoms with Gasteiger partial charge in [0, 0.05) is 0 Å². The predicted octanol–water partition coefficient (Wildman–Crippen LogP) is 0.344. The maximum absolute atomic E-state index is 10.0. The molecule has 0 amide bonds. The summed E-state index contributed by atoms with van der Waals surface area (Å²) in [5, 5.41) is 0.194. The molecule has 0 saturated carbocycles. The first kappa shape index (κ1) is 14.9. The molecule has 0 fully saturated rings. The Kier molecular flexibility index (Phi) is 7.44. The van der Waals surface area contributed by atoms with E-state index in [1.54, 1.807) is 0 Å². The molecule has 0 rings (SSSR count). The summed E-state index contributed by atoms with van der Waals surface area (Å²) in [4.78, 5) is 0. The summed E-state index contributed by atoms with van der Waals surface area (Å²) in [5.41, 5.74) is 0. The van der Waals surface area contributed by atoms with Gasteiger partial charge in [-0.15, -0.1) is 26.8 Å². The van der Waals surface area contributed by atoms with E-state index in [-0.39, 0.29) is 5.34 Å². The van der Waals surface area contributed by atoms with Crippen molar-refractivity contribution >= 4 is 43.4 Å². The molecule has 0 aromatic heterocycles. The molecule has 76 valence electrons. The standard InChI is InChI=1S/C2H6O5S2.CH2Cl2/c1-8(3,4)7-9(2,5)6;2-1-3/h1-2H3;1H2. The van der Waals surface area contributed by atoms with Gasteiger partial charge in [0.25, 0.3) is 20.2 Å². The summed E-state index contributed by atoms with van der Waals surface area (Å²) >= 11 is 9.53. The minimum atomic E-state index is -3.87. The van der Waals surface area contributed by atoms with Crippen molar-refractivity contribution in [2.45, 2.75) is 0 Å². The van der Waals surface area contributed by atoms with Crippen molar-refractivity contribution in [2.24, 2.45) is 0 Å². The van der Waals surface area contributed by atoms with E-state index in [2.05, 4.69) is 3.63 Å². The van der Waals surface area contributed by atoms with E-state index in [0.717, 1.165) is 0 Å². The molecule has 0 aliphatic carbocycles. The van der Waals surface area contributed by atoms with Crippen molar-refractivity contribution in [3.05, 3.63) is 0 Å². The van der Waals surface area contributed by atoms with Crippen LogP contribution in [0.5, 0.6) is 0 Å². The highest BCUT2D eigenvalue weighted by Crippen LogP contribution is 1.92. The molecule has 0 saturated heterocycles. The Bertz CT molecular complexity index is 261. The van der Waals surface area contributed by atoms with E-state index in [0.29, 0.717) is 12.5 Å². The molecular weight excluding hydrogens is 251 g/mol. The summed E-state index contributed by atoms with van der Waals surface area (Å²) in [6, 6.07) is 0. The van der Waals surface area contributed by atoms with Gasteiger partial charge in [-0.1, -0.05) is 0 Å². The molecule has 0 atom stereocenters. The fourth-order valence-electron chi connectivity index (χ4n) is 0.225. The highest BCUT2D eigenvalue weighted by atomic mass is 35.5. The van der Waals surface area contributed by atoms with Crippen LogP contribution in [0, 0.1) is 0 Å². The van der Waals surface area contributed by atoms with Gasteiger partial charge in [0.1, 0.15) is 0 Å². The molecule has 0 aliphatic heterocycles. The molecule has 0 bridgehead atoms. The van der Waals surface area contributed by atoms with Gasteiger partial charge in [0.2, 0.25) is 0 Å². The van der Waals surface area contributed by atoms with Crippen LogP contribution in [0.2, 0.25) is 0 Å². The summed E-state index contributed by atoms with van der Waals surface area (Å²) < 4.78 is 43.8. The van der Waals surface area contributed by atoms with Crippen molar-refractivity contribution in [3.8, 4) is 0 Å². The van der Waals surface area contributed by atoms with Gasteiger partial charge in [-0.25, -0.2) is 0 Å². The first-order valence-corrected chi connectivity index (χ1v) is 7.05. The zero-order valence-corrected chi connectivity index (χ0v) is 9.47. The quantitative estimate of drug-likeness (QED) is 0.668. The van der Waals surface area contributed by atoms with Crippen LogP contribution >= 0.6 is 23.2 Å². The van der Waals surface area contributed by atoms with Crippen molar-refractivity contribution in [2.75, 3.05) is 17.9 Å². The number of halogens is 2. The van der Waals surface area contributed by atoms with Gasteiger partial charge >= 0.3 is 0 Å². The van der Waals surface area contributed by atoms with Gasteiger partial charge in [-0.3, -0.25) is 0 Å². The first-order valence-electron chi connectivity index (χ1n) is 2.35. The Hall–Kier alpha value is 0.440. The molecule has 5 nitrogen and oxygen atoms in total. The van der Waals surface area contributed by atoms with E-state index in [9.17, 15) is 16.8 Å². The van der Waals surface area contributed by atoms with Crippen LogP contribution in [-0.4, -0.2) is 34.7 Å². The lowest BCUT2D eigenvalue weighted by molar-refractivity contribution is 0.471. The average molecular weight is 259 g/mol. The maximum Gasteiger partial charge on any atom is 0.278 e. The second-order valence-electron chi connectivity index (χ2n) is 1.58. The summed E-state index contributed by atoms with van der Waals surface area (Å²) in [6.07, 6.45) is 1.32. The van der Waals surface area contributed by atoms with Crippen molar-refractivity contribution in [1.82, 2.24) is 0 Å². The number of alkyl halides is 2. The molecule has 0 aromatic carbocycles. The molecule has 0 aliphatic rings. The number of rotatable bonds is 2. The number of hydrogen-bond acceptors (Lipinski definition) is 5. The van der Waals surface area contributed by atoms with E-state index >= 15 is 0 Å². The lowest BCUT2D eigenvalue weighted by Gasteiger charge is -1.92. The van der Waals surface area contributed by atoms with Crippen LogP contribution in [0.15, 0.2) is 0 Å². The minimum Gasteiger partial charge on any atom is -0.199 e. The Balaban J connectivity index is 0. The van der Waals surface area contributed by atoms with Crippen molar-refractivity contribution < 1.29 is 20.5 Å². The molecule has 0 heterocycles. The summed E-state index contributed by atoms with van der Waals surface area (Å²) in [7, 11) is -7.74. The highest BCUT2D eigenvalue weighted by molar-refractivity contribution is 7.99. The highest BCUT2D eigenvalue weighted by Gasteiger charge is 2.10. The van der Waals surface area contributed by atoms with E-state index < -0.39 is 20.2 Å². The largest absolute Gasteiger partial charge is 0.278 e. The third-order valence-corrected chi connectivity index (χ3v) is 2.22. The van der Waals surface area contributed by atoms with Crippen LogP contribution in [0.3, 0.4) is 0 Å². The van der Waals surface area contributed by atoms with Gasteiger partial charge < -0.3 is 0 Å². The first-order chi connectivity index (χ1) is 5.12. The molecule has 0 N–H and O–H groups in total. The van der Waals surface area contributed by atoms with Crippen LogP contribution in [0.4, 0.5) is 0 Å². The van der Waals surface area contributed by atoms with Gasteiger partial charge in [-0.05, 0) is 0 Å². The van der Waals surface area contributed by atoms with Crippen LogP contribution in [0.25, 0.3) is 0 Å². The maximum atomic E-state index is 10.0. The van der Waals surface area contributed by atoms with Gasteiger partial charge in [0.05, 0.1) is 17.9 Å². The monoisotopic (exact) mass is 258 g/mol. The molecule has 0 spiro atoms. The predicted molar refractivity (Wildman–Crippen MR) is 47.3 cm³/mol. The number of hydrogen-bond donors (Lipinski definition) is 0. The fourth-order valence-corrected chi connectivity index (χ4v) is 2.02. The Morgan fingerprint density at radius 1 is 1.00 bits per heavy atom. The molecule has 0 unspecified atom stereocenters. The SMILES string of the molecule is CS(=O)(=O)OS(C)(=O)=O.ClCCl. The summed E-state index contributed by atoms with van der Waals surface area (Å²) in [6.45, 7) is 0. The second-order valence-corrected chi connectivity index (χ2v) is 5.75. The van der Waals surface area contributed by atoms with Crippen LogP contribution < -0.4 is 0 Å². The third-order valence-electron chi connectivity index (χ3n) is 0.247. The van der Waals surface area contributed by atoms with Crippen LogP contribution in [-0.2, 0) is 23.9 Å². The van der Waals surface area contributed by atoms with Crippen molar-refractivity contribution in [1.29, 1.82) is 0 Å². The topological polar surface area (TPSA) is 77.5 Å². The minimum absolute atomic E-state index is 0.194. The zero-order valence-electron chi connectivity index (χ0n) is 6.32. The Morgan fingerprint density at radius 3 is 1.17 bits per heavy atom. The van der Waals surface area contributed by atoms with Crippen molar-refractivity contribution in [3.63, 3.8) is 0 Å². The van der Waals surface area contributed by atoms with E-state index in [4.69, 9.17) is 23.2 Å². The Morgan fingerprint density at radius 2 is 1.17 bits per heavy atom. The lowest BCUT2D eigenvalue weighted by atomic mass is 11.9. The van der Waals surface area contributed by atoms with Gasteiger partial charge in [0.15, 0.2) is 0 Å². The van der Waals surface area contributed by atoms with E-state index in [1.165, 1.54) is 0 Å². The fraction of sp³-hybridized carbons (Fsp3) is 1.00. The molecule has 12 heavy (non-hydrogen) atoms. The second kappa shape index (κ2) is 5.98. The lowest BCUT2D eigenvalue weighted by Crippen LogP contribution is -2.09. The van der Waals surface area contributed by atoms with Gasteiger partial charge in [-0.2, -0.15) is 16.8 Å². The Labute approximate surface area is 81.9 Å². The average Bonchev–Trinajstić information content (AvgIpc) is 1.53. The molecule has 9 heteroatoms.